The highest BCUT2D eigenvalue weighted by molar-refractivity contribution is 5.90. The normalized spacial score (nSPS) is 11.1. The Kier molecular flexibility index (Phi) is 24.0. The summed E-state index contributed by atoms with van der Waals surface area (Å²) in [5, 5.41) is 6.11. The van der Waals surface area contributed by atoms with Gasteiger partial charge in [0.2, 0.25) is 34.2 Å². The van der Waals surface area contributed by atoms with Gasteiger partial charge in [-0.2, -0.15) is 0 Å². The number of hydrogen-bond donors (Lipinski definition) is 2. The SMILES string of the molecule is Cc1cc(OCc2ccccc2)c2c(=O)c(OCCOCCNC(=O)CCCC(=O)NCCOCCOc3c(-c4ccc(C)c(C)c4)oc4cc(OCc5ccccc5)cc(OCc5ccccc5)c4c3=O)c(-c3ccc(OCc4ccccc4)c(OCc4ccccc4)c3)oc2c1. The lowest BCUT2D eigenvalue weighted by Gasteiger charge is -2.17. The van der Waals surface area contributed by atoms with Crippen LogP contribution in [-0.4, -0.2) is 64.5 Å². The van der Waals surface area contributed by atoms with Gasteiger partial charge in [0, 0.05) is 49.2 Å². The topological polar surface area (TPSA) is 202 Å². The van der Waals surface area contributed by atoms with Gasteiger partial charge in [0.05, 0.1) is 26.4 Å². The molecule has 0 saturated heterocycles. The van der Waals surface area contributed by atoms with E-state index in [-0.39, 0.29) is 142 Å². The molecular formula is C81H78N2O15. The molecule has 0 aliphatic carbocycles. The predicted octanol–water partition coefficient (Wildman–Crippen LogP) is 14.9. The molecule has 0 atom stereocenters. The average Bonchev–Trinajstić information content (AvgIpc) is 0.766. The van der Waals surface area contributed by atoms with Crippen molar-refractivity contribution in [3.05, 3.63) is 277 Å². The maximum absolute atomic E-state index is 14.8. The molecule has 2 N–H and O–H groups in total. The van der Waals surface area contributed by atoms with Crippen LogP contribution < -0.4 is 54.6 Å². The van der Waals surface area contributed by atoms with Crippen molar-refractivity contribution in [2.75, 3.05) is 52.7 Å². The highest BCUT2D eigenvalue weighted by atomic mass is 16.5. The molecule has 2 heterocycles. The van der Waals surface area contributed by atoms with Crippen LogP contribution in [0.5, 0.6) is 40.2 Å². The summed E-state index contributed by atoms with van der Waals surface area (Å²) in [6.45, 7) is 8.07. The molecule has 11 aromatic rings. The molecule has 0 fully saturated rings. The molecule has 17 nitrogen and oxygen atoms in total. The summed E-state index contributed by atoms with van der Waals surface area (Å²) in [5.74, 6) is 1.95. The molecule has 0 aliphatic rings. The number of fused-ring (bicyclic) bond motifs is 2. The second-order valence-electron chi connectivity index (χ2n) is 23.4. The summed E-state index contributed by atoms with van der Waals surface area (Å²) >= 11 is 0. The first-order chi connectivity index (χ1) is 48.0. The second-order valence-corrected chi connectivity index (χ2v) is 23.4. The molecule has 0 saturated carbocycles. The maximum atomic E-state index is 14.8. The van der Waals surface area contributed by atoms with Gasteiger partial charge in [-0.15, -0.1) is 0 Å². The fraction of sp³-hybridized carbons (Fsp3) is 0.235. The minimum Gasteiger partial charge on any atom is -0.489 e. The first-order valence-corrected chi connectivity index (χ1v) is 32.8. The number of ether oxygens (including phenoxy) is 9. The van der Waals surface area contributed by atoms with Crippen LogP contribution in [0.3, 0.4) is 0 Å². The Labute approximate surface area is 568 Å². The van der Waals surface area contributed by atoms with E-state index in [2.05, 4.69) is 10.6 Å². The number of carbonyl (C=O) groups is 2. The van der Waals surface area contributed by atoms with Crippen LogP contribution in [0.25, 0.3) is 44.6 Å². The largest absolute Gasteiger partial charge is 0.489 e. The molecule has 0 aliphatic heterocycles. The van der Waals surface area contributed by atoms with E-state index in [0.717, 1.165) is 44.5 Å². The van der Waals surface area contributed by atoms with Crippen molar-refractivity contribution in [2.45, 2.75) is 73.1 Å². The molecule has 2 amide bonds. The van der Waals surface area contributed by atoms with Crippen molar-refractivity contribution >= 4 is 33.8 Å². The lowest BCUT2D eigenvalue weighted by molar-refractivity contribution is -0.122. The number of aryl methyl sites for hydroxylation is 3. The minimum absolute atomic E-state index is 0.00277. The van der Waals surface area contributed by atoms with Gasteiger partial charge in [-0.1, -0.05) is 164 Å². The quantitative estimate of drug-likeness (QED) is 0.0355. The van der Waals surface area contributed by atoms with Crippen LogP contribution >= 0.6 is 0 Å². The van der Waals surface area contributed by atoms with E-state index in [1.165, 1.54) is 0 Å². The summed E-state index contributed by atoms with van der Waals surface area (Å²) in [6, 6.07) is 66.9. The molecule has 17 heteroatoms. The Morgan fingerprint density at radius 3 is 1.24 bits per heavy atom. The predicted molar refractivity (Wildman–Crippen MR) is 376 cm³/mol. The molecule has 9 aromatic carbocycles. The number of hydrogen-bond acceptors (Lipinski definition) is 15. The Balaban J connectivity index is 0.654. The Morgan fingerprint density at radius 1 is 0.367 bits per heavy atom. The van der Waals surface area contributed by atoms with E-state index < -0.39 is 10.9 Å². The smallest absolute Gasteiger partial charge is 0.239 e. The maximum Gasteiger partial charge on any atom is 0.239 e. The molecule has 0 bridgehead atoms. The summed E-state index contributed by atoms with van der Waals surface area (Å²) in [5.41, 5.74) is 8.57. The Bertz CT molecular complexity index is 4570. The van der Waals surface area contributed by atoms with Crippen molar-refractivity contribution in [3.63, 3.8) is 0 Å². The molecule has 11 rings (SSSR count). The fourth-order valence-electron chi connectivity index (χ4n) is 10.8. The molecular weight excluding hydrogens is 1240 g/mol. The van der Waals surface area contributed by atoms with Gasteiger partial charge in [0.1, 0.15) is 85.4 Å². The van der Waals surface area contributed by atoms with Crippen LogP contribution in [0, 0.1) is 20.8 Å². The highest BCUT2D eigenvalue weighted by Gasteiger charge is 2.25. The fourth-order valence-corrected chi connectivity index (χ4v) is 10.8. The molecule has 2 aromatic heterocycles. The van der Waals surface area contributed by atoms with E-state index in [1.807, 2.05) is 197 Å². The summed E-state index contributed by atoms with van der Waals surface area (Å²) in [6.07, 6.45) is 0.566. The highest BCUT2D eigenvalue weighted by Crippen LogP contribution is 2.41. The first-order valence-electron chi connectivity index (χ1n) is 32.8. The average molecular weight is 1320 g/mol. The van der Waals surface area contributed by atoms with Gasteiger partial charge < -0.3 is 62.1 Å². The van der Waals surface area contributed by atoms with Gasteiger partial charge >= 0.3 is 0 Å². The molecule has 0 radical (unpaired) electrons. The van der Waals surface area contributed by atoms with Gasteiger partial charge in [-0.3, -0.25) is 19.2 Å². The van der Waals surface area contributed by atoms with Crippen molar-refractivity contribution in [2.24, 2.45) is 0 Å². The lowest BCUT2D eigenvalue weighted by atomic mass is 10.0. The number of benzene rings is 9. The molecule has 0 unspecified atom stereocenters. The molecule has 502 valence electrons. The van der Waals surface area contributed by atoms with E-state index in [0.29, 0.717) is 59.3 Å². The number of rotatable bonds is 35. The summed E-state index contributed by atoms with van der Waals surface area (Å²) in [7, 11) is 0. The first kappa shape index (κ1) is 68.3. The third-order valence-electron chi connectivity index (χ3n) is 16.0. The van der Waals surface area contributed by atoms with Crippen LogP contribution in [0.4, 0.5) is 0 Å². The van der Waals surface area contributed by atoms with E-state index in [4.69, 9.17) is 51.5 Å². The van der Waals surface area contributed by atoms with Crippen molar-refractivity contribution in [1.29, 1.82) is 0 Å². The third kappa shape index (κ3) is 18.9. The number of amides is 2. The Morgan fingerprint density at radius 2 is 0.776 bits per heavy atom. The summed E-state index contributed by atoms with van der Waals surface area (Å²) < 4.78 is 69.2. The van der Waals surface area contributed by atoms with E-state index >= 15 is 0 Å². The van der Waals surface area contributed by atoms with Crippen LogP contribution in [0.2, 0.25) is 0 Å². The second kappa shape index (κ2) is 34.5. The zero-order valence-electron chi connectivity index (χ0n) is 55.1. The van der Waals surface area contributed by atoms with Crippen molar-refractivity contribution < 1.29 is 61.1 Å². The van der Waals surface area contributed by atoms with Crippen LogP contribution in [0.15, 0.2) is 231 Å². The van der Waals surface area contributed by atoms with Crippen LogP contribution in [-0.2, 0) is 52.1 Å². The third-order valence-corrected chi connectivity index (χ3v) is 16.0. The van der Waals surface area contributed by atoms with Gasteiger partial charge in [0.15, 0.2) is 23.0 Å². The number of nitrogens with one attached hydrogen (secondary N) is 2. The lowest BCUT2D eigenvalue weighted by Crippen LogP contribution is -2.29. The zero-order valence-corrected chi connectivity index (χ0v) is 55.1. The Hall–Kier alpha value is -11.1. The van der Waals surface area contributed by atoms with Gasteiger partial charge in [-0.05, 0) is 108 Å². The van der Waals surface area contributed by atoms with Gasteiger partial charge in [0.25, 0.3) is 0 Å². The van der Waals surface area contributed by atoms with Gasteiger partial charge in [-0.25, -0.2) is 0 Å². The van der Waals surface area contributed by atoms with E-state index in [1.54, 1.807) is 36.4 Å². The monoisotopic (exact) mass is 1320 g/mol. The van der Waals surface area contributed by atoms with Crippen molar-refractivity contribution in [3.8, 4) is 62.9 Å². The molecule has 0 spiro atoms. The summed E-state index contributed by atoms with van der Waals surface area (Å²) in [4.78, 5) is 55.2. The molecule has 98 heavy (non-hydrogen) atoms. The van der Waals surface area contributed by atoms with E-state index in [9.17, 15) is 19.2 Å². The number of carbonyl (C=O) groups excluding carboxylic acids is 2. The van der Waals surface area contributed by atoms with Crippen LogP contribution in [0.1, 0.15) is 63.8 Å². The standard InChI is InChI=1S/C81H78N2O15/c1-55-44-68(95-53-61-26-15-7-16-27-61)74-70(45-55)97-79(64-34-35-66(93-51-59-22-11-5-12-23-59)67(47-64)94-52-60-24-13-6-14-25-60)81(76(74)86)91-43-41-89-39-37-83-73(85)31-19-30-72(84)82-36-38-88-40-42-90-80-77(87)75-69(96-54-62-28-17-8-18-29-62)48-65(92-50-58-20-9-4-10-21-58)49-71(75)98-78(80)63-33-32-56(2)57(3)46-63/h4-18,20-29,32-35,44-49H,19,30-31,36-43,50-54H2,1-3H3,(H,82,84)(H,83,85). The minimum atomic E-state index is -0.434. The zero-order chi connectivity index (χ0) is 67.8. The van der Waals surface area contributed by atoms with Crippen molar-refractivity contribution in [1.82, 2.24) is 10.6 Å².